The second kappa shape index (κ2) is 36.8. The van der Waals surface area contributed by atoms with Gasteiger partial charge in [-0.05, 0) is 149 Å². The van der Waals surface area contributed by atoms with E-state index in [1.807, 2.05) is 41.5 Å². The maximum Gasteiger partial charge on any atom is 0.354 e. The quantitative estimate of drug-likeness (QED) is 0.0652. The molecule has 4 N–H and O–H groups in total. The number of hydrogen-bond acceptors (Lipinski definition) is 22. The van der Waals surface area contributed by atoms with E-state index in [2.05, 4.69) is 55.0 Å². The summed E-state index contributed by atoms with van der Waals surface area (Å²) in [5.41, 5.74) is -5.92. The van der Waals surface area contributed by atoms with Gasteiger partial charge in [-0.15, -0.1) is 0 Å². The van der Waals surface area contributed by atoms with Crippen LogP contribution in [-0.4, -0.2) is 200 Å². The molecule has 5 amide bonds. The predicted octanol–water partition coefficient (Wildman–Crippen LogP) is 15.5. The van der Waals surface area contributed by atoms with Crippen molar-refractivity contribution >= 4 is 136 Å². The molecular weight excluding hydrogens is 1920 g/mol. The maximum atomic E-state index is 17.1. The fraction of sp³-hybridized carbons (Fsp3) is 0.299. The van der Waals surface area contributed by atoms with E-state index < -0.39 is 233 Å². The lowest BCUT2D eigenvalue weighted by atomic mass is 9.98. The van der Waals surface area contributed by atoms with Crippen LogP contribution in [-0.2, 0) is 33.8 Å². The lowest BCUT2D eigenvalue weighted by Crippen LogP contribution is -2.63. The SMILES string of the molecule is C=CC(=O)N1CC2C(=O)N(C)c3c(F)c(-c4c(O)ccc(F)c4F)c(Cl)c4c3c(nc(=O)n4-c3c(C)ccnc3C(C)C)N2CC1C.C=CC(=O)N1CC2C(=O)Nc3c(F)c(-c4c(O)ccc(F)c4F)c(Cl)c4c3c(nc(=O)n4-c3c(C)ccnc3C(C)C)N2CC1C.C=CC(=O)N1CC2CS(=O)(=O)c3c(F)c(-c4c(O)ccc(F)c4F)c(Cl)c4c3c(nc(=O)n4-c3c(C)ccnc3C(C)C)N2CC1C. The molecule has 0 saturated carbocycles. The standard InChI is InChI=1S/C33H30ClF3N6O4.C32H28ClF3N6O4.C32H29ClF3N5O5S/c1-7-20(45)41-13-18-32(46)40(6)30-23-29(24(34)22(26(30)37)21-19(44)9-8-17(35)25(21)36)43(28-15(4)10-11-38-27(28)14(2)3)33(47)39-31(23)42(18)12-16(41)5;1-6-19(44)40-12-17-31(45)38-27-22-29(23(33)21(25(27)36)20-18(43)8-7-16(34)24(20)35)42(28-14(4)9-10-37-26(28)13(2)3)32(46)39-30(22)41(17)11-15(40)5;1-6-20(43)39-12-17-13-47(45,46)30-23-29(24(33)22(26(30)36)21-19(42)8-7-18(34)25(21)35)41(28-15(4)9-10-37-27(28)14(2)3)32(44)38-31(23)40(17)11-16(39)5/h7-11,14,16,18,44H,1,12-13H2,2-6H3;6-10,13,15,17,43H,1,11-12H2,2-5H3,(H,38,45);6-10,14,16-17,42H,1,11-13H2,2-5H3. The zero-order chi connectivity index (χ0) is 102. The Morgan fingerprint density at radius 3 is 1.17 bits per heavy atom. The maximum absolute atomic E-state index is 17.1. The second-order valence-corrected chi connectivity index (χ2v) is 38.8. The Hall–Kier alpha value is -14.3. The monoisotopic (exact) mass is 2010 g/mol. The first-order chi connectivity index (χ1) is 66.1. The van der Waals surface area contributed by atoms with E-state index in [4.69, 9.17) is 34.8 Å². The first kappa shape index (κ1) is 98.8. The van der Waals surface area contributed by atoms with Crippen molar-refractivity contribution in [2.24, 2.45) is 0 Å². The summed E-state index contributed by atoms with van der Waals surface area (Å²) in [6.45, 7) is 31.6. The minimum Gasteiger partial charge on any atom is -0.507 e. The molecule has 3 saturated heterocycles. The number of rotatable bonds is 12. The Morgan fingerprint density at radius 2 is 0.779 bits per heavy atom. The molecule has 140 heavy (non-hydrogen) atoms. The highest BCUT2D eigenvalue weighted by Gasteiger charge is 2.50. The largest absolute Gasteiger partial charge is 0.507 e. The van der Waals surface area contributed by atoms with Crippen molar-refractivity contribution in [3.05, 3.63) is 244 Å². The minimum absolute atomic E-state index is 0.00816. The molecule has 6 aliphatic rings. The number of carbonyl (C=O) groups is 5. The van der Waals surface area contributed by atoms with Crippen molar-refractivity contribution in [3.8, 4) is 67.7 Å². The van der Waals surface area contributed by atoms with E-state index in [9.17, 15) is 75.3 Å². The number of aryl methyl sites for hydroxylation is 3. The average Bonchev–Trinajstić information content (AvgIpc) is 1.15. The molecule has 18 rings (SSSR count). The Morgan fingerprint density at radius 1 is 0.443 bits per heavy atom. The molecule has 728 valence electrons. The van der Waals surface area contributed by atoms with Crippen LogP contribution in [0.1, 0.15) is 114 Å². The van der Waals surface area contributed by atoms with E-state index >= 15 is 26.3 Å². The fourth-order valence-electron chi connectivity index (χ4n) is 19.4. The first-order valence-electron chi connectivity index (χ1n) is 43.8. The van der Waals surface area contributed by atoms with E-state index in [1.54, 1.807) is 72.1 Å². The number of fused-ring (bicyclic) bond motifs is 6. The Balaban J connectivity index is 0.000000151. The highest BCUT2D eigenvalue weighted by molar-refractivity contribution is 7.91. The predicted molar refractivity (Wildman–Crippen MR) is 509 cm³/mol. The fourth-order valence-corrected chi connectivity index (χ4v) is 22.3. The number of phenols is 3. The number of likely N-dealkylation sites (N-methyl/N-ethyl adjacent to an activating group) is 1. The molecule has 30 nitrogen and oxygen atoms in total. The summed E-state index contributed by atoms with van der Waals surface area (Å²) in [5, 5.41) is 32.4. The molecular formula is C97H87Cl3F9N17O13S. The van der Waals surface area contributed by atoms with E-state index in [0.29, 0.717) is 52.0 Å². The number of aromatic nitrogens is 9. The second-order valence-electron chi connectivity index (χ2n) is 35.6. The van der Waals surface area contributed by atoms with Crippen LogP contribution in [0, 0.1) is 73.1 Å². The molecule has 6 aliphatic heterocycles. The summed E-state index contributed by atoms with van der Waals surface area (Å²) in [5.74, 6) is -20.4. The third-order valence-electron chi connectivity index (χ3n) is 26.0. The van der Waals surface area contributed by atoms with Crippen molar-refractivity contribution in [2.75, 3.05) is 77.0 Å². The molecule has 0 spiro atoms. The molecule has 6 aromatic carbocycles. The van der Waals surface area contributed by atoms with Crippen LogP contribution in [0.2, 0.25) is 15.1 Å². The molecule has 12 aromatic rings. The van der Waals surface area contributed by atoms with Crippen LogP contribution in [0.15, 0.2) is 130 Å². The molecule has 6 atom stereocenters. The number of amides is 5. The number of sulfone groups is 1. The minimum atomic E-state index is -4.70. The molecule has 43 heteroatoms. The van der Waals surface area contributed by atoms with Crippen LogP contribution in [0.3, 0.4) is 0 Å². The van der Waals surface area contributed by atoms with Crippen molar-refractivity contribution in [3.63, 3.8) is 0 Å². The summed E-state index contributed by atoms with van der Waals surface area (Å²) in [6, 6.07) is 4.61. The van der Waals surface area contributed by atoms with Crippen molar-refractivity contribution in [2.45, 2.75) is 142 Å². The van der Waals surface area contributed by atoms with Crippen LogP contribution < -0.4 is 42.0 Å². The average molecular weight is 2010 g/mol. The number of carbonyl (C=O) groups excluding carboxylic acids is 5. The van der Waals surface area contributed by atoms with Gasteiger partial charge in [0.1, 0.15) is 51.7 Å². The van der Waals surface area contributed by atoms with Gasteiger partial charge in [-0.1, -0.05) is 96.1 Å². The van der Waals surface area contributed by atoms with Gasteiger partial charge in [0.15, 0.2) is 62.2 Å². The summed E-state index contributed by atoms with van der Waals surface area (Å²) in [4.78, 5) is 144. The van der Waals surface area contributed by atoms with Gasteiger partial charge in [0.2, 0.25) is 23.6 Å². The zero-order valence-corrected chi connectivity index (χ0v) is 80.0. The van der Waals surface area contributed by atoms with Gasteiger partial charge in [0.25, 0.3) is 5.91 Å². The number of benzene rings is 6. The molecule has 0 aliphatic carbocycles. The van der Waals surface area contributed by atoms with Gasteiger partial charge in [-0.2, -0.15) is 15.0 Å². The topological polar surface area (TPSA) is 358 Å². The molecule has 12 heterocycles. The van der Waals surface area contributed by atoms with E-state index in [-0.39, 0.29) is 124 Å². The highest BCUT2D eigenvalue weighted by Crippen LogP contribution is 2.55. The lowest BCUT2D eigenvalue weighted by Gasteiger charge is -2.44. The summed E-state index contributed by atoms with van der Waals surface area (Å²) in [7, 11) is -3.41. The van der Waals surface area contributed by atoms with Gasteiger partial charge < -0.3 is 54.9 Å². The molecule has 0 radical (unpaired) electrons. The third-order valence-corrected chi connectivity index (χ3v) is 28.9. The zero-order valence-electron chi connectivity index (χ0n) is 77.0. The van der Waals surface area contributed by atoms with Gasteiger partial charge in [0, 0.05) is 86.6 Å². The van der Waals surface area contributed by atoms with Crippen molar-refractivity contribution < 1.29 is 87.2 Å². The Kier molecular flexibility index (Phi) is 26.0. The molecule has 0 bridgehead atoms. The van der Waals surface area contributed by atoms with Crippen LogP contribution >= 0.6 is 34.8 Å². The highest BCUT2D eigenvalue weighted by atomic mass is 35.5. The number of phenolic OH excluding ortho intramolecular Hbond substituents is 3. The smallest absolute Gasteiger partial charge is 0.354 e. The number of anilines is 5. The van der Waals surface area contributed by atoms with Crippen LogP contribution in [0.4, 0.5) is 68.3 Å². The number of aromatic hydroxyl groups is 3. The number of nitrogens with zero attached hydrogens (tertiary/aromatic N) is 16. The number of nitrogens with one attached hydrogen (secondary N) is 1. The first-order valence-corrected chi connectivity index (χ1v) is 46.6. The normalized spacial score (nSPS) is 18.0. The Bertz CT molecular complexity index is 7800. The van der Waals surface area contributed by atoms with Crippen LogP contribution in [0.25, 0.3) is 83.2 Å². The van der Waals surface area contributed by atoms with Gasteiger partial charge >= 0.3 is 17.1 Å². The summed E-state index contributed by atoms with van der Waals surface area (Å²) >= 11 is 20.9. The van der Waals surface area contributed by atoms with Crippen LogP contribution in [0.5, 0.6) is 17.2 Å². The van der Waals surface area contributed by atoms with Crippen molar-refractivity contribution in [1.82, 2.24) is 58.3 Å². The number of piperazine rings is 3. The summed E-state index contributed by atoms with van der Waals surface area (Å²) in [6.07, 6.45) is 7.98. The molecule has 6 unspecified atom stereocenters. The van der Waals surface area contributed by atoms with Gasteiger partial charge in [-0.25, -0.2) is 62.3 Å². The van der Waals surface area contributed by atoms with E-state index in [0.717, 1.165) is 55.0 Å². The lowest BCUT2D eigenvalue weighted by molar-refractivity contribution is -0.131. The third kappa shape index (κ3) is 15.8. The number of pyridine rings is 3. The number of halogens is 12. The molecule has 6 aromatic heterocycles. The Labute approximate surface area is 807 Å². The summed E-state index contributed by atoms with van der Waals surface area (Å²) < 4.78 is 173. The molecule has 3 fully saturated rings. The van der Waals surface area contributed by atoms with Crippen molar-refractivity contribution in [1.29, 1.82) is 0 Å². The number of hydrogen-bond donors (Lipinski definition) is 4. The van der Waals surface area contributed by atoms with E-state index in [1.165, 1.54) is 42.6 Å². The van der Waals surface area contributed by atoms with Gasteiger partial charge in [-0.3, -0.25) is 52.6 Å². The van der Waals surface area contributed by atoms with Gasteiger partial charge in [0.05, 0.1) is 135 Å².